The molecule has 0 fully saturated rings. The second kappa shape index (κ2) is 5.34. The molecule has 6 heteroatoms. The molecule has 17 heavy (non-hydrogen) atoms. The summed E-state index contributed by atoms with van der Waals surface area (Å²) in [7, 11) is 0. The highest BCUT2D eigenvalue weighted by Crippen LogP contribution is 2.41. The molecule has 0 aliphatic carbocycles. The van der Waals surface area contributed by atoms with Crippen LogP contribution in [0, 0.1) is 11.6 Å². The van der Waals surface area contributed by atoms with Gasteiger partial charge in [-0.25, -0.2) is 8.78 Å². The van der Waals surface area contributed by atoms with E-state index in [0.29, 0.717) is 10.6 Å². The van der Waals surface area contributed by atoms with Gasteiger partial charge in [-0.3, -0.25) is 0 Å². The van der Waals surface area contributed by atoms with Crippen molar-refractivity contribution in [1.82, 2.24) is 0 Å². The largest absolute Gasteiger partial charge is 0.207 e. The van der Waals surface area contributed by atoms with Crippen LogP contribution in [0.15, 0.2) is 28.1 Å². The van der Waals surface area contributed by atoms with E-state index in [0.717, 1.165) is 14.7 Å². The van der Waals surface area contributed by atoms with Crippen LogP contribution in [0.25, 0.3) is 0 Å². The highest BCUT2D eigenvalue weighted by Gasteiger charge is 2.16. The molecule has 90 valence electrons. The molecule has 0 aliphatic rings. The van der Waals surface area contributed by atoms with E-state index in [-0.39, 0.29) is 4.83 Å². The fraction of sp³-hybridized carbons (Fsp3) is 0.0909. The molecule has 0 N–H and O–H groups in total. The van der Waals surface area contributed by atoms with Gasteiger partial charge in [0.1, 0.15) is 11.6 Å². The number of halogens is 5. The highest BCUT2D eigenvalue weighted by atomic mass is 79.9. The number of hydrogen-bond donors (Lipinski definition) is 0. The zero-order valence-corrected chi connectivity index (χ0v) is 12.9. The van der Waals surface area contributed by atoms with E-state index < -0.39 is 11.6 Å². The van der Waals surface area contributed by atoms with Gasteiger partial charge in [0.2, 0.25) is 0 Å². The van der Waals surface area contributed by atoms with Gasteiger partial charge < -0.3 is 0 Å². The smallest absolute Gasteiger partial charge is 0.126 e. The Morgan fingerprint density at radius 1 is 1.12 bits per heavy atom. The molecule has 1 unspecified atom stereocenters. The number of alkyl halides is 1. The highest BCUT2D eigenvalue weighted by molar-refractivity contribution is 9.11. The molecule has 1 aromatic heterocycles. The summed E-state index contributed by atoms with van der Waals surface area (Å²) in [6, 6.07) is 5.20. The Hall–Kier alpha value is 0.0300. The summed E-state index contributed by atoms with van der Waals surface area (Å²) in [4.78, 5) is 0.605. The fourth-order valence-corrected chi connectivity index (χ4v) is 3.80. The van der Waals surface area contributed by atoms with Crippen molar-refractivity contribution in [2.24, 2.45) is 0 Å². The van der Waals surface area contributed by atoms with Crippen LogP contribution in [0.5, 0.6) is 0 Å². The van der Waals surface area contributed by atoms with Crippen LogP contribution in [0.2, 0.25) is 5.02 Å². The van der Waals surface area contributed by atoms with Crippen molar-refractivity contribution >= 4 is 54.8 Å². The summed E-state index contributed by atoms with van der Waals surface area (Å²) in [5, 5.41) is 0.589. The van der Waals surface area contributed by atoms with Crippen molar-refractivity contribution in [2.75, 3.05) is 0 Å². The van der Waals surface area contributed by atoms with Crippen molar-refractivity contribution in [1.29, 1.82) is 0 Å². The Morgan fingerprint density at radius 2 is 1.71 bits per heavy atom. The molecule has 0 amide bonds. The topological polar surface area (TPSA) is 0 Å². The molecular formula is C11H5Br2ClF2S. The average Bonchev–Trinajstić information content (AvgIpc) is 2.57. The lowest BCUT2D eigenvalue weighted by Crippen LogP contribution is -1.92. The summed E-state index contributed by atoms with van der Waals surface area (Å²) in [6.45, 7) is 0. The normalized spacial score (nSPS) is 12.8. The second-order valence-corrected chi connectivity index (χ2v) is 7.06. The van der Waals surface area contributed by atoms with Gasteiger partial charge in [0.25, 0.3) is 0 Å². The Bertz CT molecular complexity index is 517. The van der Waals surface area contributed by atoms with E-state index in [1.165, 1.54) is 23.5 Å². The van der Waals surface area contributed by atoms with Crippen LogP contribution in [0.3, 0.4) is 0 Å². The van der Waals surface area contributed by atoms with Crippen LogP contribution >= 0.6 is 54.8 Å². The summed E-state index contributed by atoms with van der Waals surface area (Å²) in [5.74, 6) is -1.18. The molecule has 0 radical (unpaired) electrons. The van der Waals surface area contributed by atoms with Gasteiger partial charge in [0.05, 0.1) is 13.6 Å². The Labute approximate surface area is 123 Å². The Morgan fingerprint density at radius 3 is 2.18 bits per heavy atom. The van der Waals surface area contributed by atoms with E-state index in [1.54, 1.807) is 6.07 Å². The Kier molecular flexibility index (Phi) is 4.23. The zero-order valence-electron chi connectivity index (χ0n) is 8.18. The molecule has 0 nitrogen and oxygen atoms in total. The number of hydrogen-bond acceptors (Lipinski definition) is 1. The van der Waals surface area contributed by atoms with Crippen LogP contribution in [-0.4, -0.2) is 0 Å². The minimum Gasteiger partial charge on any atom is -0.207 e. The SMILES string of the molecule is Fc1cc(F)cc(C(Br)c2cc(Cl)c(Br)s2)c1. The molecule has 1 atom stereocenters. The molecule has 0 spiro atoms. The van der Waals surface area contributed by atoms with Gasteiger partial charge in [-0.05, 0) is 39.7 Å². The lowest BCUT2D eigenvalue weighted by molar-refractivity contribution is 0.580. The molecule has 0 bridgehead atoms. The summed E-state index contributed by atoms with van der Waals surface area (Å²) < 4.78 is 27.0. The number of benzene rings is 1. The quantitative estimate of drug-likeness (QED) is 0.547. The van der Waals surface area contributed by atoms with Gasteiger partial charge in [-0.1, -0.05) is 27.5 Å². The first kappa shape index (κ1) is 13.5. The predicted molar refractivity (Wildman–Crippen MR) is 74.2 cm³/mol. The molecule has 0 aliphatic heterocycles. The third-order valence-corrected chi connectivity index (χ3v) is 5.96. The van der Waals surface area contributed by atoms with Crippen LogP contribution in [0.4, 0.5) is 8.78 Å². The minimum absolute atomic E-state index is 0.276. The minimum atomic E-state index is -0.592. The van der Waals surface area contributed by atoms with Crippen molar-refractivity contribution in [2.45, 2.75) is 4.83 Å². The van der Waals surface area contributed by atoms with E-state index in [4.69, 9.17) is 11.6 Å². The molecule has 2 rings (SSSR count). The number of rotatable bonds is 2. The average molecular weight is 402 g/mol. The third kappa shape index (κ3) is 3.08. The summed E-state index contributed by atoms with van der Waals surface area (Å²) in [5.41, 5.74) is 0.521. The van der Waals surface area contributed by atoms with Gasteiger partial charge in [-0.15, -0.1) is 11.3 Å². The van der Waals surface area contributed by atoms with Crippen LogP contribution < -0.4 is 0 Å². The monoisotopic (exact) mass is 400 g/mol. The lowest BCUT2D eigenvalue weighted by atomic mass is 10.1. The van der Waals surface area contributed by atoms with Gasteiger partial charge in [-0.2, -0.15) is 0 Å². The zero-order chi connectivity index (χ0) is 12.6. The van der Waals surface area contributed by atoms with Crippen molar-refractivity contribution in [3.8, 4) is 0 Å². The van der Waals surface area contributed by atoms with E-state index in [9.17, 15) is 8.78 Å². The van der Waals surface area contributed by atoms with Gasteiger partial charge in [0.15, 0.2) is 0 Å². The molecule has 1 aromatic carbocycles. The fourth-order valence-electron chi connectivity index (χ4n) is 1.37. The maximum absolute atomic E-state index is 13.1. The van der Waals surface area contributed by atoms with Crippen LogP contribution in [-0.2, 0) is 0 Å². The molecule has 1 heterocycles. The number of thiophene rings is 1. The third-order valence-electron chi connectivity index (χ3n) is 2.09. The van der Waals surface area contributed by atoms with Gasteiger partial charge >= 0.3 is 0 Å². The van der Waals surface area contributed by atoms with E-state index >= 15 is 0 Å². The van der Waals surface area contributed by atoms with Crippen molar-refractivity contribution < 1.29 is 8.78 Å². The first-order valence-corrected chi connectivity index (χ1v) is 7.42. The van der Waals surface area contributed by atoms with Crippen molar-refractivity contribution in [3.05, 3.63) is 55.1 Å². The Balaban J connectivity index is 2.39. The van der Waals surface area contributed by atoms with E-state index in [1.807, 2.05) is 0 Å². The maximum atomic E-state index is 13.1. The van der Waals surface area contributed by atoms with Crippen molar-refractivity contribution in [3.63, 3.8) is 0 Å². The summed E-state index contributed by atoms with van der Waals surface area (Å²) in [6.07, 6.45) is 0. The molecule has 0 saturated carbocycles. The first-order chi connectivity index (χ1) is 7.97. The molecule has 0 saturated heterocycles. The van der Waals surface area contributed by atoms with E-state index in [2.05, 4.69) is 31.9 Å². The standard InChI is InChI=1S/C11H5Br2ClF2S/c12-10(9-4-8(14)11(13)17-9)5-1-6(15)3-7(16)2-5/h1-4,10H. The lowest BCUT2D eigenvalue weighted by Gasteiger charge is -2.08. The molecule has 2 aromatic rings. The van der Waals surface area contributed by atoms with Crippen LogP contribution in [0.1, 0.15) is 15.3 Å². The predicted octanol–water partition coefficient (Wildman–Crippen LogP) is 5.93. The van der Waals surface area contributed by atoms with Gasteiger partial charge in [0, 0.05) is 10.9 Å². The molecular weight excluding hydrogens is 397 g/mol. The maximum Gasteiger partial charge on any atom is 0.126 e. The summed E-state index contributed by atoms with van der Waals surface area (Å²) >= 11 is 14.1. The second-order valence-electron chi connectivity index (χ2n) is 3.34. The first-order valence-electron chi connectivity index (χ1n) is 4.52.